The first-order chi connectivity index (χ1) is 20.3. The lowest BCUT2D eigenvalue weighted by Crippen LogP contribution is -2.48. The van der Waals surface area contributed by atoms with Gasteiger partial charge in [-0.05, 0) is 46.9 Å². The summed E-state index contributed by atoms with van der Waals surface area (Å²) >= 11 is 0. The smallest absolute Gasteiger partial charge is 0.266 e. The molecule has 230 valence electrons. The fraction of sp³-hybridized carbons (Fsp3) is 0.469. The van der Waals surface area contributed by atoms with Crippen molar-refractivity contribution in [1.29, 1.82) is 0 Å². The molecule has 0 bridgehead atoms. The van der Waals surface area contributed by atoms with Crippen LogP contribution in [0.4, 0.5) is 19.0 Å². The number of fused-ring (bicyclic) bond motifs is 1. The highest BCUT2D eigenvalue weighted by molar-refractivity contribution is 5.95. The number of nitrogens with one attached hydrogen (secondary N) is 1. The van der Waals surface area contributed by atoms with E-state index in [1.807, 2.05) is 19.0 Å². The van der Waals surface area contributed by atoms with Gasteiger partial charge in [0, 0.05) is 45.1 Å². The average molecular weight is 598 g/mol. The van der Waals surface area contributed by atoms with Crippen LogP contribution < -0.4 is 10.9 Å². The van der Waals surface area contributed by atoms with Crippen LogP contribution in [0, 0.1) is 24.6 Å². The van der Waals surface area contributed by atoms with Crippen molar-refractivity contribution in [2.75, 3.05) is 46.2 Å². The Kier molecular flexibility index (Phi) is 9.52. The Balaban J connectivity index is 1.93. The molecule has 11 heteroatoms. The van der Waals surface area contributed by atoms with Crippen molar-refractivity contribution < 1.29 is 22.7 Å². The molecule has 1 aliphatic heterocycles. The topological polar surface area (TPSA) is 79.7 Å². The molecule has 1 amide bonds. The zero-order valence-electron chi connectivity index (χ0n) is 25.6. The normalized spacial score (nSPS) is 15.5. The number of piperidine rings is 1. The Bertz CT molecular complexity index is 1650. The number of anilines is 1. The number of ether oxygens (including phenoxy) is 1. The van der Waals surface area contributed by atoms with Crippen molar-refractivity contribution in [2.45, 2.75) is 51.7 Å². The van der Waals surface area contributed by atoms with Crippen LogP contribution in [0.15, 0.2) is 29.1 Å². The summed E-state index contributed by atoms with van der Waals surface area (Å²) in [6.45, 7) is 6.31. The molecule has 3 aromatic rings. The van der Waals surface area contributed by atoms with Gasteiger partial charge in [0.05, 0.1) is 40.5 Å². The molecule has 1 aromatic carbocycles. The molecule has 1 atom stereocenters. The average Bonchev–Trinajstić information content (AvgIpc) is 2.96. The molecule has 1 aliphatic rings. The predicted octanol–water partition coefficient (Wildman–Crippen LogP) is 4.89. The number of benzene rings is 1. The molecule has 3 heterocycles. The Morgan fingerprint density at radius 2 is 1.88 bits per heavy atom. The number of amides is 1. The molecule has 1 saturated heterocycles. The quantitative estimate of drug-likeness (QED) is 0.391. The third kappa shape index (κ3) is 6.26. The first-order valence-electron chi connectivity index (χ1n) is 14.1. The number of methoxy groups -OCH3 is 1. The van der Waals surface area contributed by atoms with Crippen LogP contribution in [0.1, 0.15) is 67.1 Å². The van der Waals surface area contributed by atoms with Gasteiger partial charge < -0.3 is 19.5 Å². The minimum atomic E-state index is -2.95. The fourth-order valence-electron chi connectivity index (χ4n) is 5.67. The highest BCUT2D eigenvalue weighted by atomic mass is 19.3. The second kappa shape index (κ2) is 12.8. The van der Waals surface area contributed by atoms with E-state index in [0.717, 1.165) is 6.07 Å². The van der Waals surface area contributed by atoms with Gasteiger partial charge in [0.25, 0.3) is 12.0 Å². The number of nitrogens with zero attached hydrogens (tertiary/aromatic N) is 4. The molecule has 1 fully saturated rings. The molecule has 0 aliphatic carbocycles. The summed E-state index contributed by atoms with van der Waals surface area (Å²) in [7, 11) is 7.02. The summed E-state index contributed by atoms with van der Waals surface area (Å²) in [5.74, 6) is 5.63. The van der Waals surface area contributed by atoms with E-state index in [0.29, 0.717) is 66.0 Å². The minimum Gasteiger partial charge on any atom is -0.373 e. The van der Waals surface area contributed by atoms with Crippen molar-refractivity contribution in [2.24, 2.45) is 7.05 Å². The fourth-order valence-corrected chi connectivity index (χ4v) is 5.67. The number of carbonyl (C=O) groups excluding carboxylic acids is 1. The zero-order valence-corrected chi connectivity index (χ0v) is 25.6. The number of rotatable bonds is 7. The van der Waals surface area contributed by atoms with Gasteiger partial charge in [-0.3, -0.25) is 14.5 Å². The molecule has 4 rings (SSSR count). The highest BCUT2D eigenvalue weighted by Crippen LogP contribution is 2.38. The van der Waals surface area contributed by atoms with E-state index in [4.69, 9.17) is 9.72 Å². The van der Waals surface area contributed by atoms with Gasteiger partial charge in [-0.25, -0.2) is 18.2 Å². The number of pyridine rings is 2. The van der Waals surface area contributed by atoms with Crippen LogP contribution in [0.3, 0.4) is 0 Å². The molecule has 8 nitrogen and oxygen atoms in total. The van der Waals surface area contributed by atoms with E-state index in [1.165, 1.54) is 23.6 Å². The first-order valence-corrected chi connectivity index (χ1v) is 14.1. The molecule has 0 unspecified atom stereocenters. The van der Waals surface area contributed by atoms with Crippen molar-refractivity contribution in [3.8, 4) is 11.8 Å². The maximum Gasteiger partial charge on any atom is 0.266 e. The Morgan fingerprint density at radius 3 is 2.47 bits per heavy atom. The van der Waals surface area contributed by atoms with E-state index in [-0.39, 0.29) is 17.0 Å². The predicted molar refractivity (Wildman–Crippen MR) is 161 cm³/mol. The molecule has 0 radical (unpaired) electrons. The van der Waals surface area contributed by atoms with Crippen LogP contribution in [-0.4, -0.2) is 66.1 Å². The Hall–Kier alpha value is -3.88. The maximum atomic E-state index is 15.1. The summed E-state index contributed by atoms with van der Waals surface area (Å²) in [6.07, 6.45) is -2.11. The van der Waals surface area contributed by atoms with Gasteiger partial charge in [0.1, 0.15) is 17.2 Å². The first kappa shape index (κ1) is 32.0. The van der Waals surface area contributed by atoms with Crippen molar-refractivity contribution in [3.05, 3.63) is 68.4 Å². The van der Waals surface area contributed by atoms with E-state index >= 15 is 4.39 Å². The summed E-state index contributed by atoms with van der Waals surface area (Å²) in [6, 6.07) is 4.93. The minimum absolute atomic E-state index is 0.0413. The lowest BCUT2D eigenvalue weighted by Gasteiger charge is -2.40. The molecule has 43 heavy (non-hydrogen) atoms. The van der Waals surface area contributed by atoms with Gasteiger partial charge in [-0.15, -0.1) is 0 Å². The maximum absolute atomic E-state index is 15.1. The van der Waals surface area contributed by atoms with Crippen molar-refractivity contribution >= 4 is 22.6 Å². The SMILES string of the molecule is COC1(c2cc3c(N[C@H](C)c4cccc(C(F)F)c4F)nc(C)c(C#CCN(C)C)c3n(C)c2=O)CCN(C(C)=O)CC1. The summed E-state index contributed by atoms with van der Waals surface area (Å²) in [5, 5.41) is 3.77. The second-order valence-electron chi connectivity index (χ2n) is 11.3. The largest absolute Gasteiger partial charge is 0.373 e. The van der Waals surface area contributed by atoms with E-state index in [1.54, 1.807) is 39.0 Å². The molecule has 0 saturated carbocycles. The summed E-state index contributed by atoms with van der Waals surface area (Å²) in [4.78, 5) is 34.4. The second-order valence-corrected chi connectivity index (χ2v) is 11.3. The number of carbonyl (C=O) groups is 1. The molecule has 1 N–H and O–H groups in total. The molecule has 2 aromatic heterocycles. The van der Waals surface area contributed by atoms with E-state index in [2.05, 4.69) is 17.2 Å². The van der Waals surface area contributed by atoms with Crippen LogP contribution in [-0.2, 0) is 22.2 Å². The van der Waals surface area contributed by atoms with Gasteiger partial charge in [0.15, 0.2) is 0 Å². The lowest BCUT2D eigenvalue weighted by atomic mass is 9.84. The third-order valence-electron chi connectivity index (χ3n) is 8.17. The summed E-state index contributed by atoms with van der Waals surface area (Å²) < 4.78 is 49.5. The number of aromatic nitrogens is 2. The van der Waals surface area contributed by atoms with Gasteiger partial charge in [-0.2, -0.15) is 0 Å². The Labute approximate surface area is 249 Å². The van der Waals surface area contributed by atoms with Crippen LogP contribution >= 0.6 is 0 Å². The van der Waals surface area contributed by atoms with E-state index < -0.39 is 29.4 Å². The van der Waals surface area contributed by atoms with Gasteiger partial charge >= 0.3 is 0 Å². The Morgan fingerprint density at radius 1 is 1.23 bits per heavy atom. The van der Waals surface area contributed by atoms with Crippen molar-refractivity contribution in [1.82, 2.24) is 19.4 Å². The van der Waals surface area contributed by atoms with Crippen LogP contribution in [0.5, 0.6) is 0 Å². The number of halogens is 3. The third-order valence-corrected chi connectivity index (χ3v) is 8.17. The lowest BCUT2D eigenvalue weighted by molar-refractivity contribution is -0.135. The highest BCUT2D eigenvalue weighted by Gasteiger charge is 2.40. The summed E-state index contributed by atoms with van der Waals surface area (Å²) in [5.41, 5.74) is 0.257. The molecule has 0 spiro atoms. The molecular weight excluding hydrogens is 559 g/mol. The van der Waals surface area contributed by atoms with Crippen LogP contribution in [0.25, 0.3) is 10.9 Å². The van der Waals surface area contributed by atoms with E-state index in [9.17, 15) is 18.4 Å². The molecular formula is C32H38F3N5O3. The zero-order chi connectivity index (χ0) is 31.6. The van der Waals surface area contributed by atoms with Crippen LogP contribution in [0.2, 0.25) is 0 Å². The number of aryl methyl sites for hydroxylation is 2. The van der Waals surface area contributed by atoms with Crippen molar-refractivity contribution in [3.63, 3.8) is 0 Å². The van der Waals surface area contributed by atoms with Gasteiger partial charge in [0.2, 0.25) is 5.91 Å². The number of likely N-dealkylation sites (tertiary alicyclic amines) is 1. The van der Waals surface area contributed by atoms with Gasteiger partial charge in [-0.1, -0.05) is 30.0 Å². The monoisotopic (exact) mass is 597 g/mol. The number of alkyl halides is 2. The standard InChI is InChI=1S/C32H38F3N5O3/c1-19(22-10-8-11-24(27(22)33)29(34)35)36-30-25-18-26(32(43-7)13-16-40(17-14-32)21(3)41)31(42)39(6)28(25)23(20(2)37-30)12-9-15-38(4)5/h8,10-11,18-19,29H,13-17H2,1-7H3,(H,36,37)/t19-/m1/s1. The number of hydrogen-bond acceptors (Lipinski definition) is 6. The number of hydrogen-bond donors (Lipinski definition) is 1.